The Hall–Kier alpha value is -0.583. The zero-order valence-corrected chi connectivity index (χ0v) is 12.5. The molecule has 1 aromatic rings. The summed E-state index contributed by atoms with van der Waals surface area (Å²) in [4.78, 5) is 0. The highest BCUT2D eigenvalue weighted by molar-refractivity contribution is 6.74. The predicted octanol–water partition coefficient (Wildman–Crippen LogP) is 3.34. The van der Waals surface area contributed by atoms with Crippen LogP contribution in [0, 0.1) is 0 Å². The van der Waals surface area contributed by atoms with Crippen molar-refractivity contribution in [3.8, 4) is 0 Å². The first-order valence-electron chi connectivity index (χ1n) is 6.08. The second kappa shape index (κ2) is 5.37. The van der Waals surface area contributed by atoms with Crippen molar-refractivity contribution in [1.29, 1.82) is 0 Å². The lowest BCUT2D eigenvalue weighted by molar-refractivity contribution is 0.265. The lowest BCUT2D eigenvalue weighted by atomic mass is 10.2. The van der Waals surface area contributed by atoms with Crippen LogP contribution in [0.25, 0.3) is 0 Å². The highest BCUT2D eigenvalue weighted by atomic mass is 28.4. The summed E-state index contributed by atoms with van der Waals surface area (Å²) in [5, 5.41) is 9.14. The van der Waals surface area contributed by atoms with Crippen LogP contribution in [-0.2, 0) is 17.5 Å². The van der Waals surface area contributed by atoms with Gasteiger partial charge in [-0.2, -0.15) is 0 Å². The minimum absolute atomic E-state index is 0.112. The molecule has 0 aliphatic rings. The predicted molar refractivity (Wildman–Crippen MR) is 71.5 cm³/mol. The third-order valence-corrected chi connectivity index (χ3v) is 8.05. The second-order valence-corrected chi connectivity index (χ2v) is 10.7. The van der Waals surface area contributed by atoms with Crippen LogP contribution in [0.1, 0.15) is 32.1 Å². The van der Waals surface area contributed by atoms with Gasteiger partial charge in [-0.1, -0.05) is 20.8 Å². The van der Waals surface area contributed by atoms with Gasteiger partial charge in [-0.3, -0.25) is 0 Å². The van der Waals surface area contributed by atoms with Crippen molar-refractivity contribution in [3.63, 3.8) is 0 Å². The molecule has 0 fully saturated rings. The average molecular weight is 256 g/mol. The summed E-state index contributed by atoms with van der Waals surface area (Å²) >= 11 is 0. The molecule has 1 aromatic heterocycles. The van der Waals surface area contributed by atoms with Crippen LogP contribution in [-0.4, -0.2) is 20.0 Å². The molecule has 0 amide bonds. The molecule has 17 heavy (non-hydrogen) atoms. The minimum atomic E-state index is -1.71. The van der Waals surface area contributed by atoms with Crippen LogP contribution in [0.2, 0.25) is 18.1 Å². The molecule has 4 heteroatoms. The summed E-state index contributed by atoms with van der Waals surface area (Å²) in [6, 6.07) is 1.93. The van der Waals surface area contributed by atoms with Crippen molar-refractivity contribution in [2.75, 3.05) is 6.61 Å². The quantitative estimate of drug-likeness (QED) is 0.822. The lowest BCUT2D eigenvalue weighted by Gasteiger charge is -2.36. The Morgan fingerprint density at radius 1 is 1.35 bits per heavy atom. The Morgan fingerprint density at radius 2 is 2.00 bits per heavy atom. The van der Waals surface area contributed by atoms with E-state index in [1.165, 1.54) is 0 Å². The van der Waals surface area contributed by atoms with Crippen LogP contribution < -0.4 is 0 Å². The fourth-order valence-electron chi connectivity index (χ4n) is 1.29. The van der Waals surface area contributed by atoms with Crippen LogP contribution in [0.5, 0.6) is 0 Å². The van der Waals surface area contributed by atoms with Crippen molar-refractivity contribution in [3.05, 3.63) is 23.7 Å². The molecule has 3 nitrogen and oxygen atoms in total. The van der Waals surface area contributed by atoms with E-state index in [0.29, 0.717) is 13.0 Å². The maximum absolute atomic E-state index is 8.93. The van der Waals surface area contributed by atoms with Crippen LogP contribution in [0.4, 0.5) is 0 Å². The third kappa shape index (κ3) is 3.69. The Kier molecular flexibility index (Phi) is 4.58. The lowest BCUT2D eigenvalue weighted by Crippen LogP contribution is -2.40. The smallest absolute Gasteiger partial charge is 0.192 e. The number of furan rings is 1. The Balaban J connectivity index is 2.64. The fraction of sp³-hybridized carbons (Fsp3) is 0.692. The molecule has 0 bridgehead atoms. The molecular formula is C13H24O3Si. The van der Waals surface area contributed by atoms with E-state index in [4.69, 9.17) is 13.9 Å². The molecule has 0 aliphatic heterocycles. The summed E-state index contributed by atoms with van der Waals surface area (Å²) < 4.78 is 11.5. The SMILES string of the molecule is CC(C)(C)[Si](C)(C)OCc1ccoc1CCO. The van der Waals surface area contributed by atoms with Gasteiger partial charge in [0.25, 0.3) is 0 Å². The molecular weight excluding hydrogens is 232 g/mol. The van der Waals surface area contributed by atoms with E-state index >= 15 is 0 Å². The molecule has 1 rings (SSSR count). The largest absolute Gasteiger partial charge is 0.469 e. The van der Waals surface area contributed by atoms with Gasteiger partial charge in [0.05, 0.1) is 19.5 Å². The first-order chi connectivity index (χ1) is 7.78. The molecule has 0 radical (unpaired) electrons. The molecule has 98 valence electrons. The van der Waals surface area contributed by atoms with E-state index < -0.39 is 8.32 Å². The van der Waals surface area contributed by atoms with Gasteiger partial charge in [0.15, 0.2) is 8.32 Å². The molecule has 0 saturated heterocycles. The van der Waals surface area contributed by atoms with E-state index in [2.05, 4.69) is 33.9 Å². The molecule has 1 heterocycles. The third-order valence-electron chi connectivity index (χ3n) is 3.57. The highest BCUT2D eigenvalue weighted by Gasteiger charge is 2.37. The van der Waals surface area contributed by atoms with Crippen LogP contribution >= 0.6 is 0 Å². The standard InChI is InChI=1S/C13H24O3Si/c1-13(2,3)17(4,5)16-10-11-7-9-15-12(11)6-8-14/h7,9,14H,6,8,10H2,1-5H3. The van der Waals surface area contributed by atoms with Crippen molar-refractivity contribution in [2.45, 2.75) is 51.9 Å². The molecule has 0 atom stereocenters. The zero-order valence-electron chi connectivity index (χ0n) is 11.5. The molecule has 1 N–H and O–H groups in total. The normalized spacial score (nSPS) is 13.1. The molecule has 0 aromatic carbocycles. The van der Waals surface area contributed by atoms with Gasteiger partial charge < -0.3 is 13.9 Å². The van der Waals surface area contributed by atoms with Crippen molar-refractivity contribution in [2.24, 2.45) is 0 Å². The van der Waals surface area contributed by atoms with Gasteiger partial charge in [-0.25, -0.2) is 0 Å². The number of rotatable bonds is 5. The first kappa shape index (κ1) is 14.5. The summed E-state index contributed by atoms with van der Waals surface area (Å²) in [5.41, 5.74) is 1.06. The Bertz CT molecular complexity index is 350. The van der Waals surface area contributed by atoms with Crippen LogP contribution in [0.15, 0.2) is 16.7 Å². The molecule has 0 unspecified atom stereocenters. The number of aliphatic hydroxyl groups excluding tert-OH is 1. The Labute approximate surface area is 105 Å². The van der Waals surface area contributed by atoms with Gasteiger partial charge in [0.1, 0.15) is 5.76 Å². The summed E-state index contributed by atoms with van der Waals surface area (Å²) in [6.45, 7) is 11.8. The minimum Gasteiger partial charge on any atom is -0.469 e. The first-order valence-corrected chi connectivity index (χ1v) is 8.99. The number of aliphatic hydroxyl groups is 1. The summed E-state index contributed by atoms with van der Waals surface area (Å²) in [5.74, 6) is 0.839. The van der Waals surface area contributed by atoms with Gasteiger partial charge in [0, 0.05) is 12.0 Å². The van der Waals surface area contributed by atoms with Crippen molar-refractivity contribution < 1.29 is 13.9 Å². The van der Waals surface area contributed by atoms with Gasteiger partial charge in [-0.15, -0.1) is 0 Å². The monoisotopic (exact) mass is 256 g/mol. The topological polar surface area (TPSA) is 42.6 Å². The number of hydrogen-bond acceptors (Lipinski definition) is 3. The Morgan fingerprint density at radius 3 is 2.53 bits per heavy atom. The van der Waals surface area contributed by atoms with E-state index in [9.17, 15) is 0 Å². The maximum atomic E-state index is 8.93. The van der Waals surface area contributed by atoms with Gasteiger partial charge >= 0.3 is 0 Å². The van der Waals surface area contributed by atoms with E-state index in [1.54, 1.807) is 6.26 Å². The molecule has 0 saturated carbocycles. The van der Waals surface area contributed by atoms with E-state index in [0.717, 1.165) is 11.3 Å². The van der Waals surface area contributed by atoms with Gasteiger partial charge in [-0.05, 0) is 24.2 Å². The fourth-order valence-corrected chi connectivity index (χ4v) is 2.24. The van der Waals surface area contributed by atoms with Crippen molar-refractivity contribution in [1.82, 2.24) is 0 Å². The second-order valence-electron chi connectivity index (χ2n) is 5.89. The maximum Gasteiger partial charge on any atom is 0.192 e. The summed E-state index contributed by atoms with van der Waals surface area (Å²) in [7, 11) is -1.71. The summed E-state index contributed by atoms with van der Waals surface area (Å²) in [6.07, 6.45) is 2.22. The van der Waals surface area contributed by atoms with Gasteiger partial charge in [0.2, 0.25) is 0 Å². The van der Waals surface area contributed by atoms with Crippen LogP contribution in [0.3, 0.4) is 0 Å². The zero-order chi connectivity index (χ0) is 13.1. The van der Waals surface area contributed by atoms with E-state index in [1.807, 2.05) is 6.07 Å². The van der Waals surface area contributed by atoms with Crippen molar-refractivity contribution >= 4 is 8.32 Å². The average Bonchev–Trinajstić information content (AvgIpc) is 2.61. The molecule has 0 aliphatic carbocycles. The highest BCUT2D eigenvalue weighted by Crippen LogP contribution is 2.37. The van der Waals surface area contributed by atoms with E-state index in [-0.39, 0.29) is 11.6 Å². The molecule has 0 spiro atoms. The number of hydrogen-bond donors (Lipinski definition) is 1.